The zero-order valence-corrected chi connectivity index (χ0v) is 15.1. The van der Waals surface area contributed by atoms with Gasteiger partial charge in [-0.15, -0.1) is 12.4 Å². The average Bonchev–Trinajstić information content (AvgIpc) is 3.16. The van der Waals surface area contributed by atoms with Gasteiger partial charge in [0.2, 0.25) is 5.89 Å². The number of nitrogens with zero attached hydrogens (tertiary/aromatic N) is 2. The van der Waals surface area contributed by atoms with E-state index in [1.165, 1.54) is 19.3 Å². The number of nitrogens with two attached hydrogens (primary N) is 1. The Morgan fingerprint density at radius 1 is 1.21 bits per heavy atom. The Labute approximate surface area is 153 Å². The van der Waals surface area contributed by atoms with Gasteiger partial charge in [0.15, 0.2) is 0 Å². The molecule has 2 aliphatic rings. The van der Waals surface area contributed by atoms with Crippen molar-refractivity contribution in [2.75, 3.05) is 13.1 Å². The van der Waals surface area contributed by atoms with E-state index in [4.69, 9.17) is 21.8 Å². The average molecular weight is 368 g/mol. The molecule has 0 radical (unpaired) electrons. The molecule has 3 atom stereocenters. The first-order valence-electron chi connectivity index (χ1n) is 8.37. The zero-order chi connectivity index (χ0) is 15.8. The SMILES string of the molecule is Cl.NC1CCCC2CN(Cc3coc(-c4ccc(Cl)cc4)n3)CC12. The Morgan fingerprint density at radius 2 is 2.00 bits per heavy atom. The predicted octanol–water partition coefficient (Wildman–Crippen LogP) is 3.98. The van der Waals surface area contributed by atoms with E-state index in [9.17, 15) is 0 Å². The van der Waals surface area contributed by atoms with Crippen molar-refractivity contribution in [2.45, 2.75) is 31.8 Å². The second-order valence-corrected chi connectivity index (χ2v) is 7.30. The van der Waals surface area contributed by atoms with Crippen LogP contribution in [0.4, 0.5) is 0 Å². The molecule has 1 saturated carbocycles. The first-order valence-corrected chi connectivity index (χ1v) is 8.75. The highest BCUT2D eigenvalue weighted by Gasteiger charge is 2.38. The van der Waals surface area contributed by atoms with Crippen LogP contribution in [0.3, 0.4) is 0 Å². The van der Waals surface area contributed by atoms with Gasteiger partial charge in [0, 0.05) is 36.3 Å². The Kier molecular flexibility index (Phi) is 5.50. The van der Waals surface area contributed by atoms with Crippen LogP contribution in [0.1, 0.15) is 25.0 Å². The van der Waals surface area contributed by atoms with Crippen LogP contribution in [-0.4, -0.2) is 29.0 Å². The highest BCUT2D eigenvalue weighted by atomic mass is 35.5. The van der Waals surface area contributed by atoms with E-state index in [1.54, 1.807) is 6.26 Å². The van der Waals surface area contributed by atoms with Crippen LogP contribution in [0.2, 0.25) is 5.02 Å². The lowest BCUT2D eigenvalue weighted by atomic mass is 9.78. The number of halogens is 2. The Morgan fingerprint density at radius 3 is 2.75 bits per heavy atom. The summed E-state index contributed by atoms with van der Waals surface area (Å²) < 4.78 is 5.64. The Bertz CT molecular complexity index is 673. The summed E-state index contributed by atoms with van der Waals surface area (Å²) in [6.45, 7) is 3.08. The fourth-order valence-electron chi connectivity index (χ4n) is 4.07. The van der Waals surface area contributed by atoms with Gasteiger partial charge in [-0.05, 0) is 48.9 Å². The van der Waals surface area contributed by atoms with Crippen molar-refractivity contribution in [3.8, 4) is 11.5 Å². The Hall–Kier alpha value is -1.07. The summed E-state index contributed by atoms with van der Waals surface area (Å²) in [6, 6.07) is 7.95. The summed E-state index contributed by atoms with van der Waals surface area (Å²) in [6.07, 6.45) is 5.55. The number of oxazole rings is 1. The highest BCUT2D eigenvalue weighted by molar-refractivity contribution is 6.30. The summed E-state index contributed by atoms with van der Waals surface area (Å²) >= 11 is 5.92. The third-order valence-corrected chi connectivity index (χ3v) is 5.51. The van der Waals surface area contributed by atoms with Gasteiger partial charge in [-0.2, -0.15) is 0 Å². The highest BCUT2D eigenvalue weighted by Crippen LogP contribution is 2.36. The monoisotopic (exact) mass is 367 g/mol. The topological polar surface area (TPSA) is 55.3 Å². The summed E-state index contributed by atoms with van der Waals surface area (Å²) in [5.41, 5.74) is 8.24. The summed E-state index contributed by atoms with van der Waals surface area (Å²) in [5, 5.41) is 0.719. The van der Waals surface area contributed by atoms with Crippen molar-refractivity contribution >= 4 is 24.0 Å². The number of rotatable bonds is 3. The molecular weight excluding hydrogens is 345 g/mol. The molecule has 4 nitrogen and oxygen atoms in total. The molecule has 2 heterocycles. The second kappa shape index (κ2) is 7.44. The smallest absolute Gasteiger partial charge is 0.226 e. The minimum Gasteiger partial charge on any atom is -0.444 e. The van der Waals surface area contributed by atoms with Crippen molar-refractivity contribution in [1.29, 1.82) is 0 Å². The van der Waals surface area contributed by atoms with E-state index in [0.717, 1.165) is 41.8 Å². The molecule has 24 heavy (non-hydrogen) atoms. The van der Waals surface area contributed by atoms with Crippen LogP contribution in [-0.2, 0) is 6.54 Å². The molecule has 0 amide bonds. The number of hydrogen-bond acceptors (Lipinski definition) is 4. The maximum absolute atomic E-state index is 6.30. The minimum absolute atomic E-state index is 0. The quantitative estimate of drug-likeness (QED) is 0.891. The van der Waals surface area contributed by atoms with Gasteiger partial charge >= 0.3 is 0 Å². The fraction of sp³-hybridized carbons (Fsp3) is 0.500. The molecule has 1 aromatic heterocycles. The first-order chi connectivity index (χ1) is 11.2. The molecule has 130 valence electrons. The van der Waals surface area contributed by atoms with Gasteiger partial charge < -0.3 is 10.2 Å². The lowest BCUT2D eigenvalue weighted by Gasteiger charge is -2.29. The molecule has 2 N–H and O–H groups in total. The van der Waals surface area contributed by atoms with E-state index < -0.39 is 0 Å². The van der Waals surface area contributed by atoms with Crippen molar-refractivity contribution in [3.05, 3.63) is 41.2 Å². The van der Waals surface area contributed by atoms with Crippen LogP contribution in [0, 0.1) is 11.8 Å². The first kappa shape index (κ1) is 17.7. The normalized spacial score (nSPS) is 26.8. The summed E-state index contributed by atoms with van der Waals surface area (Å²) in [5.74, 6) is 2.08. The van der Waals surface area contributed by atoms with Crippen molar-refractivity contribution in [2.24, 2.45) is 17.6 Å². The number of aromatic nitrogens is 1. The third-order valence-electron chi connectivity index (χ3n) is 5.26. The maximum Gasteiger partial charge on any atom is 0.226 e. The molecule has 3 unspecified atom stereocenters. The third kappa shape index (κ3) is 3.62. The molecule has 0 spiro atoms. The maximum atomic E-state index is 6.30. The molecule has 1 aromatic carbocycles. The van der Waals surface area contributed by atoms with Gasteiger partial charge in [0.1, 0.15) is 6.26 Å². The lowest BCUT2D eigenvalue weighted by Crippen LogP contribution is -2.38. The molecule has 0 bridgehead atoms. The molecule has 4 rings (SSSR count). The predicted molar refractivity (Wildman–Crippen MR) is 98.3 cm³/mol. The van der Waals surface area contributed by atoms with E-state index in [0.29, 0.717) is 17.9 Å². The Balaban J connectivity index is 0.00000169. The fourth-order valence-corrected chi connectivity index (χ4v) is 4.20. The van der Waals surface area contributed by atoms with Crippen LogP contribution in [0.25, 0.3) is 11.5 Å². The molecule has 1 aliphatic carbocycles. The molecule has 1 aliphatic heterocycles. The number of benzene rings is 1. The van der Waals surface area contributed by atoms with Crippen LogP contribution >= 0.6 is 24.0 Å². The van der Waals surface area contributed by atoms with Crippen LogP contribution in [0.5, 0.6) is 0 Å². The molecular formula is C18H23Cl2N3O. The van der Waals surface area contributed by atoms with Gasteiger partial charge in [-0.3, -0.25) is 4.90 Å². The summed E-state index contributed by atoms with van der Waals surface area (Å²) in [4.78, 5) is 7.10. The van der Waals surface area contributed by atoms with E-state index in [1.807, 2.05) is 24.3 Å². The number of likely N-dealkylation sites (tertiary alicyclic amines) is 1. The van der Waals surface area contributed by atoms with Crippen LogP contribution in [0.15, 0.2) is 34.9 Å². The number of hydrogen-bond donors (Lipinski definition) is 1. The summed E-state index contributed by atoms with van der Waals surface area (Å²) in [7, 11) is 0. The van der Waals surface area contributed by atoms with E-state index in [2.05, 4.69) is 9.88 Å². The standard InChI is InChI=1S/C18H22ClN3O.ClH/c19-14-6-4-12(5-7-14)18-21-15(11-23-18)9-22-8-13-2-1-3-17(20)16(13)10-22;/h4-7,11,13,16-17H,1-3,8-10,20H2;1H. The van der Waals surface area contributed by atoms with Gasteiger partial charge in [-0.25, -0.2) is 4.98 Å². The molecule has 1 saturated heterocycles. The van der Waals surface area contributed by atoms with E-state index >= 15 is 0 Å². The van der Waals surface area contributed by atoms with Crippen molar-refractivity contribution < 1.29 is 4.42 Å². The molecule has 2 aromatic rings. The van der Waals surface area contributed by atoms with Crippen LogP contribution < -0.4 is 5.73 Å². The minimum atomic E-state index is 0. The second-order valence-electron chi connectivity index (χ2n) is 6.86. The van der Waals surface area contributed by atoms with Gasteiger partial charge in [0.25, 0.3) is 0 Å². The van der Waals surface area contributed by atoms with Crippen molar-refractivity contribution in [3.63, 3.8) is 0 Å². The zero-order valence-electron chi connectivity index (χ0n) is 13.5. The lowest BCUT2D eigenvalue weighted by molar-refractivity contribution is 0.259. The van der Waals surface area contributed by atoms with Gasteiger partial charge in [-0.1, -0.05) is 18.0 Å². The largest absolute Gasteiger partial charge is 0.444 e. The number of fused-ring (bicyclic) bond motifs is 1. The van der Waals surface area contributed by atoms with E-state index in [-0.39, 0.29) is 12.4 Å². The van der Waals surface area contributed by atoms with Crippen molar-refractivity contribution in [1.82, 2.24) is 9.88 Å². The van der Waals surface area contributed by atoms with Gasteiger partial charge in [0.05, 0.1) is 5.69 Å². The molecule has 2 fully saturated rings. The molecule has 6 heteroatoms.